The van der Waals surface area contributed by atoms with Crippen molar-refractivity contribution in [2.45, 2.75) is 25.6 Å². The largest absolute Gasteiger partial charge is 0.573 e. The van der Waals surface area contributed by atoms with Crippen molar-refractivity contribution in [3.8, 4) is 22.6 Å². The van der Waals surface area contributed by atoms with E-state index in [-0.39, 0.29) is 22.3 Å². The monoisotopic (exact) mass is 414 g/mol. The molecule has 0 aliphatic carbocycles. The summed E-state index contributed by atoms with van der Waals surface area (Å²) in [5.74, 6) is 0.120. The number of carbonyl (C=O) groups is 1. The molecule has 3 nitrogen and oxygen atoms in total. The predicted molar refractivity (Wildman–Crippen MR) is 90.2 cm³/mol. The Balaban J connectivity index is 2.25. The van der Waals surface area contributed by atoms with Crippen LogP contribution in [0.25, 0.3) is 11.1 Å². The summed E-state index contributed by atoms with van der Waals surface area (Å²) < 4.78 is 48.9. The summed E-state index contributed by atoms with van der Waals surface area (Å²) in [6, 6.07) is 7.33. The van der Waals surface area contributed by atoms with E-state index in [1.54, 1.807) is 6.07 Å². The van der Waals surface area contributed by atoms with E-state index in [9.17, 15) is 18.0 Å². The molecule has 0 bridgehead atoms. The smallest absolute Gasteiger partial charge is 0.492 e. The molecule has 0 spiro atoms. The van der Waals surface area contributed by atoms with E-state index in [4.69, 9.17) is 4.74 Å². The third kappa shape index (κ3) is 3.51. The number of aldehydes is 1. The number of hydrogen-bond acceptors (Lipinski definition) is 3. The normalized spacial score (nSPS) is 15.4. The summed E-state index contributed by atoms with van der Waals surface area (Å²) >= 11 is 3.40. The zero-order chi connectivity index (χ0) is 18.4. The van der Waals surface area contributed by atoms with Crippen molar-refractivity contribution in [1.29, 1.82) is 0 Å². The first-order valence-electron chi connectivity index (χ1n) is 7.43. The first kappa shape index (κ1) is 17.8. The van der Waals surface area contributed by atoms with Gasteiger partial charge in [-0.25, -0.2) is 0 Å². The van der Waals surface area contributed by atoms with Gasteiger partial charge in [0.2, 0.25) is 0 Å². The fourth-order valence-corrected chi connectivity index (χ4v) is 3.29. The quantitative estimate of drug-likeness (QED) is 0.622. The number of carbonyl (C=O) groups excluding carboxylic acids is 1. The van der Waals surface area contributed by atoms with E-state index in [1.165, 1.54) is 12.1 Å². The molecule has 0 amide bonds. The molecule has 0 fully saturated rings. The number of rotatable bonds is 3. The third-order valence-corrected chi connectivity index (χ3v) is 4.47. The molecule has 25 heavy (non-hydrogen) atoms. The van der Waals surface area contributed by atoms with Gasteiger partial charge in [0.15, 0.2) is 0 Å². The van der Waals surface area contributed by atoms with E-state index in [0.29, 0.717) is 28.7 Å². The molecular formula is C18H14BrF3O3. The van der Waals surface area contributed by atoms with Crippen LogP contribution in [0.15, 0.2) is 34.8 Å². The number of benzene rings is 2. The summed E-state index contributed by atoms with van der Waals surface area (Å²) in [5, 5.41) is 0. The van der Waals surface area contributed by atoms with E-state index < -0.39 is 6.36 Å². The highest BCUT2D eigenvalue weighted by molar-refractivity contribution is 9.10. The molecule has 1 heterocycles. The average Bonchev–Trinajstić information content (AvgIpc) is 2.81. The zero-order valence-electron chi connectivity index (χ0n) is 13.4. The third-order valence-electron chi connectivity index (χ3n) is 4.02. The Bertz CT molecular complexity index is 844. The second-order valence-corrected chi connectivity index (χ2v) is 7.34. The molecule has 0 saturated carbocycles. The lowest BCUT2D eigenvalue weighted by Crippen LogP contribution is -2.18. The van der Waals surface area contributed by atoms with Gasteiger partial charge in [-0.3, -0.25) is 4.79 Å². The minimum absolute atomic E-state index is 0.150. The molecule has 0 aromatic heterocycles. The van der Waals surface area contributed by atoms with Crippen molar-refractivity contribution in [2.24, 2.45) is 0 Å². The van der Waals surface area contributed by atoms with Crippen molar-refractivity contribution in [1.82, 2.24) is 0 Å². The molecule has 0 N–H and O–H groups in total. The van der Waals surface area contributed by atoms with Gasteiger partial charge in [0, 0.05) is 32.1 Å². The van der Waals surface area contributed by atoms with Crippen LogP contribution in [-0.4, -0.2) is 19.3 Å². The minimum atomic E-state index is -4.84. The fraction of sp³-hybridized carbons (Fsp3) is 0.278. The molecule has 1 aliphatic heterocycles. The van der Waals surface area contributed by atoms with Crippen LogP contribution in [0.2, 0.25) is 0 Å². The minimum Gasteiger partial charge on any atom is -0.492 e. The van der Waals surface area contributed by atoms with Gasteiger partial charge in [0.25, 0.3) is 0 Å². The van der Waals surface area contributed by atoms with E-state index in [0.717, 1.165) is 11.6 Å². The summed E-state index contributed by atoms with van der Waals surface area (Å²) in [5.41, 5.74) is 1.44. The van der Waals surface area contributed by atoms with Crippen LogP contribution in [0.5, 0.6) is 11.5 Å². The van der Waals surface area contributed by atoms with Crippen LogP contribution >= 0.6 is 15.9 Å². The molecule has 1 aliphatic rings. The highest BCUT2D eigenvalue weighted by Gasteiger charge is 2.36. The zero-order valence-corrected chi connectivity index (χ0v) is 15.0. The Kier molecular flexibility index (Phi) is 4.31. The maximum atomic E-state index is 12.8. The van der Waals surface area contributed by atoms with E-state index in [1.807, 2.05) is 19.9 Å². The lowest BCUT2D eigenvalue weighted by molar-refractivity contribution is -0.274. The molecule has 0 saturated heterocycles. The number of hydrogen-bond donors (Lipinski definition) is 0. The first-order valence-corrected chi connectivity index (χ1v) is 8.22. The summed E-state index contributed by atoms with van der Waals surface area (Å²) in [6.07, 6.45) is -4.27. The van der Waals surface area contributed by atoms with Gasteiger partial charge < -0.3 is 9.47 Å². The molecule has 132 valence electrons. The van der Waals surface area contributed by atoms with Crippen molar-refractivity contribution < 1.29 is 27.4 Å². The van der Waals surface area contributed by atoms with Gasteiger partial charge in [-0.2, -0.15) is 0 Å². The number of ether oxygens (including phenoxy) is 2. The molecule has 3 rings (SSSR count). The Morgan fingerprint density at radius 3 is 2.56 bits per heavy atom. The Morgan fingerprint density at radius 1 is 1.20 bits per heavy atom. The van der Waals surface area contributed by atoms with Crippen LogP contribution in [0, 0.1) is 0 Å². The Labute approximate surface area is 150 Å². The van der Waals surface area contributed by atoms with Crippen LogP contribution in [-0.2, 0) is 5.41 Å². The lowest BCUT2D eigenvalue weighted by atomic mass is 9.85. The van der Waals surface area contributed by atoms with Gasteiger partial charge in [-0.1, -0.05) is 29.8 Å². The summed E-state index contributed by atoms with van der Waals surface area (Å²) in [7, 11) is 0. The summed E-state index contributed by atoms with van der Waals surface area (Å²) in [6.45, 7) is 4.39. The number of fused-ring (bicyclic) bond motifs is 1. The second kappa shape index (κ2) is 6.05. The molecule has 2 aromatic carbocycles. The van der Waals surface area contributed by atoms with Gasteiger partial charge in [0.05, 0.1) is 6.61 Å². The predicted octanol–water partition coefficient (Wildman–Crippen LogP) is 5.50. The highest BCUT2D eigenvalue weighted by atomic mass is 79.9. The summed E-state index contributed by atoms with van der Waals surface area (Å²) in [4.78, 5) is 11.1. The maximum absolute atomic E-state index is 12.8. The van der Waals surface area contributed by atoms with Crippen LogP contribution in [0.1, 0.15) is 29.8 Å². The fourth-order valence-electron chi connectivity index (χ4n) is 2.83. The van der Waals surface area contributed by atoms with Crippen LogP contribution in [0.3, 0.4) is 0 Å². The molecule has 0 unspecified atom stereocenters. The Morgan fingerprint density at radius 2 is 1.92 bits per heavy atom. The lowest BCUT2D eigenvalue weighted by Gasteiger charge is -2.18. The van der Waals surface area contributed by atoms with E-state index >= 15 is 0 Å². The molecule has 2 aromatic rings. The molecule has 7 heteroatoms. The van der Waals surface area contributed by atoms with E-state index in [2.05, 4.69) is 20.7 Å². The molecule has 0 atom stereocenters. The molecular weight excluding hydrogens is 401 g/mol. The van der Waals surface area contributed by atoms with Gasteiger partial charge >= 0.3 is 6.36 Å². The maximum Gasteiger partial charge on any atom is 0.573 e. The van der Waals surface area contributed by atoms with Gasteiger partial charge in [-0.05, 0) is 30.3 Å². The standard InChI is InChI=1S/C18H14BrF3O3/c1-17(2)9-24-16-13(6-11(19)7-14(16)17)12-5-10(8-23)3-4-15(12)25-18(20,21)22/h3-8H,9H2,1-2H3. The Hall–Kier alpha value is -2.02. The second-order valence-electron chi connectivity index (χ2n) is 6.42. The first-order chi connectivity index (χ1) is 11.6. The average molecular weight is 415 g/mol. The number of alkyl halides is 3. The van der Waals surface area contributed by atoms with Gasteiger partial charge in [0.1, 0.15) is 17.8 Å². The van der Waals surface area contributed by atoms with Crippen LogP contribution < -0.4 is 9.47 Å². The van der Waals surface area contributed by atoms with Crippen molar-refractivity contribution >= 4 is 22.2 Å². The molecule has 0 radical (unpaired) electrons. The topological polar surface area (TPSA) is 35.5 Å². The van der Waals surface area contributed by atoms with Gasteiger partial charge in [-0.15, -0.1) is 13.2 Å². The number of halogens is 4. The van der Waals surface area contributed by atoms with Crippen molar-refractivity contribution in [3.05, 3.63) is 45.9 Å². The van der Waals surface area contributed by atoms with Crippen LogP contribution in [0.4, 0.5) is 13.2 Å². The van der Waals surface area contributed by atoms with Crippen molar-refractivity contribution in [2.75, 3.05) is 6.61 Å². The van der Waals surface area contributed by atoms with Crippen molar-refractivity contribution in [3.63, 3.8) is 0 Å². The highest BCUT2D eigenvalue weighted by Crippen LogP contribution is 2.48. The SMILES string of the molecule is CC1(C)COc2c(-c3cc(C=O)ccc3OC(F)(F)F)cc(Br)cc21.